The molecule has 1 heterocycles. The molecular formula is C18H20S. The summed E-state index contributed by atoms with van der Waals surface area (Å²) in [6.07, 6.45) is 1.11. The van der Waals surface area contributed by atoms with E-state index in [9.17, 15) is 0 Å². The van der Waals surface area contributed by atoms with Gasteiger partial charge in [-0.2, -0.15) is 0 Å². The van der Waals surface area contributed by atoms with E-state index in [4.69, 9.17) is 0 Å². The van der Waals surface area contributed by atoms with Crippen molar-refractivity contribution in [3.05, 3.63) is 46.0 Å². The molecule has 1 aromatic heterocycles. The highest BCUT2D eigenvalue weighted by Crippen LogP contribution is 2.42. The Balaban J connectivity index is 2.65. The van der Waals surface area contributed by atoms with E-state index < -0.39 is 0 Å². The van der Waals surface area contributed by atoms with Crippen LogP contribution in [-0.2, 0) is 6.42 Å². The second kappa shape index (κ2) is 4.35. The van der Waals surface area contributed by atoms with Crippen molar-refractivity contribution in [2.24, 2.45) is 0 Å². The first-order chi connectivity index (χ1) is 9.06. The lowest BCUT2D eigenvalue weighted by atomic mass is 9.92. The molecule has 0 nitrogen and oxygen atoms in total. The highest BCUT2D eigenvalue weighted by molar-refractivity contribution is 7.26. The highest BCUT2D eigenvalue weighted by Gasteiger charge is 2.16. The Bertz CT molecular complexity index is 791. The lowest BCUT2D eigenvalue weighted by Crippen LogP contribution is -1.94. The second-order valence-corrected chi connectivity index (χ2v) is 6.49. The molecule has 0 saturated carbocycles. The number of fused-ring (bicyclic) bond motifs is 3. The normalized spacial score (nSPS) is 11.6. The summed E-state index contributed by atoms with van der Waals surface area (Å²) in [7, 11) is 0. The molecule has 0 spiro atoms. The lowest BCUT2D eigenvalue weighted by Gasteiger charge is -2.13. The van der Waals surface area contributed by atoms with Gasteiger partial charge in [-0.3, -0.25) is 0 Å². The van der Waals surface area contributed by atoms with Gasteiger partial charge in [0.15, 0.2) is 0 Å². The average molecular weight is 268 g/mol. The fourth-order valence-corrected chi connectivity index (χ4v) is 4.49. The van der Waals surface area contributed by atoms with Crippen LogP contribution in [0.5, 0.6) is 0 Å². The van der Waals surface area contributed by atoms with E-state index in [-0.39, 0.29) is 0 Å². The fraction of sp³-hybridized carbons (Fsp3) is 0.333. The Morgan fingerprint density at radius 1 is 0.895 bits per heavy atom. The van der Waals surface area contributed by atoms with Crippen LogP contribution in [0, 0.1) is 27.7 Å². The summed E-state index contributed by atoms with van der Waals surface area (Å²) < 4.78 is 2.95. The molecule has 98 valence electrons. The molecule has 1 heteroatoms. The third-order valence-electron chi connectivity index (χ3n) is 4.49. The number of thiophene rings is 1. The zero-order valence-electron chi connectivity index (χ0n) is 12.3. The Labute approximate surface area is 119 Å². The molecule has 19 heavy (non-hydrogen) atoms. The van der Waals surface area contributed by atoms with Gasteiger partial charge in [-0.05, 0) is 61.9 Å². The highest BCUT2D eigenvalue weighted by atomic mass is 32.1. The van der Waals surface area contributed by atoms with Gasteiger partial charge in [0.1, 0.15) is 0 Å². The van der Waals surface area contributed by atoms with E-state index in [0.29, 0.717) is 0 Å². The number of aryl methyl sites for hydroxylation is 3. The smallest absolute Gasteiger partial charge is 0.0390 e. The zero-order chi connectivity index (χ0) is 13.7. The summed E-state index contributed by atoms with van der Waals surface area (Å²) in [4.78, 5) is 0. The maximum Gasteiger partial charge on any atom is 0.0390 e. The van der Waals surface area contributed by atoms with Crippen molar-refractivity contribution in [3.63, 3.8) is 0 Å². The van der Waals surface area contributed by atoms with Crippen molar-refractivity contribution in [2.45, 2.75) is 41.0 Å². The van der Waals surface area contributed by atoms with E-state index in [1.807, 2.05) is 11.3 Å². The van der Waals surface area contributed by atoms with Crippen LogP contribution in [0.4, 0.5) is 0 Å². The fourth-order valence-electron chi connectivity index (χ4n) is 3.13. The first kappa shape index (κ1) is 12.7. The second-order valence-electron chi connectivity index (χ2n) is 5.46. The molecule has 0 radical (unpaired) electrons. The molecule has 3 rings (SSSR count). The first-order valence-corrected chi connectivity index (χ1v) is 7.78. The molecule has 0 bridgehead atoms. The molecule has 2 aromatic carbocycles. The van der Waals surface area contributed by atoms with Crippen LogP contribution in [0.15, 0.2) is 18.2 Å². The SMILES string of the molecule is CCc1c(C)c(C)c(C)c2sc3c(C)cccc3c12. The maximum absolute atomic E-state index is 2.29. The van der Waals surface area contributed by atoms with Crippen LogP contribution >= 0.6 is 11.3 Å². The Morgan fingerprint density at radius 3 is 2.32 bits per heavy atom. The van der Waals surface area contributed by atoms with Crippen molar-refractivity contribution in [2.75, 3.05) is 0 Å². The van der Waals surface area contributed by atoms with Gasteiger partial charge in [-0.15, -0.1) is 11.3 Å². The monoisotopic (exact) mass is 268 g/mol. The van der Waals surface area contributed by atoms with Gasteiger partial charge < -0.3 is 0 Å². The Hall–Kier alpha value is -1.34. The topological polar surface area (TPSA) is 0 Å². The van der Waals surface area contributed by atoms with Crippen molar-refractivity contribution in [1.82, 2.24) is 0 Å². The van der Waals surface area contributed by atoms with Crippen LogP contribution in [0.1, 0.15) is 34.7 Å². The molecule has 3 aromatic rings. The van der Waals surface area contributed by atoms with Gasteiger partial charge in [0.2, 0.25) is 0 Å². The molecule has 0 amide bonds. The van der Waals surface area contributed by atoms with Crippen LogP contribution in [0.2, 0.25) is 0 Å². The molecule has 0 unspecified atom stereocenters. The van der Waals surface area contributed by atoms with Crippen molar-refractivity contribution in [1.29, 1.82) is 0 Å². The van der Waals surface area contributed by atoms with Crippen molar-refractivity contribution < 1.29 is 0 Å². The zero-order valence-corrected chi connectivity index (χ0v) is 13.2. The number of rotatable bonds is 1. The summed E-state index contributed by atoms with van der Waals surface area (Å²) in [5, 5.41) is 2.95. The lowest BCUT2D eigenvalue weighted by molar-refractivity contribution is 1.11. The van der Waals surface area contributed by atoms with E-state index in [2.05, 4.69) is 52.8 Å². The van der Waals surface area contributed by atoms with Crippen molar-refractivity contribution in [3.8, 4) is 0 Å². The number of hydrogen-bond donors (Lipinski definition) is 0. The van der Waals surface area contributed by atoms with Crippen LogP contribution in [-0.4, -0.2) is 0 Å². The summed E-state index contributed by atoms with van der Waals surface area (Å²) in [6, 6.07) is 6.70. The van der Waals surface area contributed by atoms with Crippen molar-refractivity contribution >= 4 is 31.5 Å². The predicted molar refractivity (Wildman–Crippen MR) is 87.7 cm³/mol. The molecule has 0 aliphatic rings. The Morgan fingerprint density at radius 2 is 1.63 bits per heavy atom. The standard InChI is InChI=1S/C18H20S/c1-6-14-12(4)11(3)13(5)18-16(14)15-9-7-8-10(2)17(15)19-18/h7-9H,6H2,1-5H3. The maximum atomic E-state index is 2.29. The average Bonchev–Trinajstić information content (AvgIpc) is 2.78. The first-order valence-electron chi connectivity index (χ1n) is 6.96. The summed E-state index contributed by atoms with van der Waals surface area (Å²) in [5.74, 6) is 0. The van der Waals surface area contributed by atoms with Gasteiger partial charge in [-0.25, -0.2) is 0 Å². The number of benzene rings is 2. The molecule has 0 aliphatic carbocycles. The molecule has 0 fully saturated rings. The summed E-state index contributed by atoms with van der Waals surface area (Å²) in [6.45, 7) is 11.3. The van der Waals surface area contributed by atoms with Crippen LogP contribution in [0.3, 0.4) is 0 Å². The number of hydrogen-bond acceptors (Lipinski definition) is 1. The third-order valence-corrected chi connectivity index (χ3v) is 5.95. The van der Waals surface area contributed by atoms with Gasteiger partial charge >= 0.3 is 0 Å². The Kier molecular flexibility index (Phi) is 2.90. The van der Waals surface area contributed by atoms with Gasteiger partial charge in [0, 0.05) is 20.2 Å². The third kappa shape index (κ3) is 1.64. The summed E-state index contributed by atoms with van der Waals surface area (Å²) in [5.41, 5.74) is 7.35. The van der Waals surface area contributed by atoms with Crippen LogP contribution < -0.4 is 0 Å². The largest absolute Gasteiger partial charge is 0.135 e. The van der Waals surface area contributed by atoms with E-state index in [1.165, 1.54) is 48.0 Å². The van der Waals surface area contributed by atoms with Crippen LogP contribution in [0.25, 0.3) is 20.2 Å². The molecule has 0 aliphatic heterocycles. The predicted octanol–water partition coefficient (Wildman–Crippen LogP) is 5.85. The van der Waals surface area contributed by atoms with Gasteiger partial charge in [0.05, 0.1) is 0 Å². The van der Waals surface area contributed by atoms with E-state index in [0.717, 1.165) is 6.42 Å². The minimum absolute atomic E-state index is 1.11. The van der Waals surface area contributed by atoms with Gasteiger partial charge in [0.25, 0.3) is 0 Å². The summed E-state index contributed by atoms with van der Waals surface area (Å²) >= 11 is 1.97. The molecule has 0 saturated heterocycles. The minimum Gasteiger partial charge on any atom is -0.135 e. The van der Waals surface area contributed by atoms with E-state index >= 15 is 0 Å². The molecular weight excluding hydrogens is 248 g/mol. The van der Waals surface area contributed by atoms with Gasteiger partial charge in [-0.1, -0.05) is 25.1 Å². The molecule has 0 atom stereocenters. The quantitative estimate of drug-likeness (QED) is 0.519. The molecule has 0 N–H and O–H groups in total. The van der Waals surface area contributed by atoms with E-state index in [1.54, 1.807) is 0 Å². The minimum atomic E-state index is 1.11.